The molecule has 1 N–H and O–H groups in total. The first-order chi connectivity index (χ1) is 14.2. The van der Waals surface area contributed by atoms with Crippen LogP contribution >= 0.6 is 0 Å². The first-order valence-electron chi connectivity index (χ1n) is 9.03. The number of piperazine rings is 1. The lowest BCUT2D eigenvalue weighted by atomic mass is 10.2. The predicted molar refractivity (Wildman–Crippen MR) is 101 cm³/mol. The number of nitrogens with zero attached hydrogens (tertiary/aromatic N) is 5. The second kappa shape index (κ2) is 8.93. The molecule has 0 saturated carbocycles. The van der Waals surface area contributed by atoms with Gasteiger partial charge in [0.05, 0.1) is 5.69 Å². The smallest absolute Gasteiger partial charge is 0.421 e. The molecule has 1 fully saturated rings. The minimum absolute atomic E-state index is 0.107. The number of amides is 1. The number of alkyl halides is 3. The Labute approximate surface area is 169 Å². The molecule has 2 aromatic heterocycles. The Hall–Kier alpha value is -3.44. The van der Waals surface area contributed by atoms with E-state index in [-0.39, 0.29) is 12.3 Å². The fourth-order valence-corrected chi connectivity index (χ4v) is 2.73. The molecule has 0 unspecified atom stereocenters. The highest BCUT2D eigenvalue weighted by Gasteiger charge is 2.34. The Morgan fingerprint density at radius 3 is 2.53 bits per heavy atom. The molecule has 0 radical (unpaired) electrons. The van der Waals surface area contributed by atoms with Crippen molar-refractivity contribution in [2.45, 2.75) is 13.1 Å². The van der Waals surface area contributed by atoms with E-state index in [2.05, 4.69) is 15.1 Å². The number of ether oxygens (including phenoxy) is 1. The van der Waals surface area contributed by atoms with E-state index >= 15 is 0 Å². The second-order valence-electron chi connectivity index (χ2n) is 6.55. The number of anilines is 1. The summed E-state index contributed by atoms with van der Waals surface area (Å²) in [5.74, 6) is 0.600. The van der Waals surface area contributed by atoms with Crippen LogP contribution < -0.4 is 10.5 Å². The van der Waals surface area contributed by atoms with Crippen LogP contribution in [-0.2, 0) is 10.9 Å². The molecule has 1 aliphatic heterocycles. The second-order valence-corrected chi connectivity index (χ2v) is 6.55. The molecule has 2 aromatic rings. The van der Waals surface area contributed by atoms with E-state index in [1.807, 2.05) is 11.8 Å². The molecular formula is C18H19F3N6O3. The maximum Gasteiger partial charge on any atom is 0.421 e. The topological polar surface area (TPSA) is 104 Å². The third kappa shape index (κ3) is 5.33. The molecule has 160 valence electrons. The van der Waals surface area contributed by atoms with Gasteiger partial charge in [0, 0.05) is 38.6 Å². The van der Waals surface area contributed by atoms with Crippen LogP contribution in [0.15, 0.2) is 29.3 Å². The molecule has 0 spiro atoms. The van der Waals surface area contributed by atoms with Gasteiger partial charge in [-0.1, -0.05) is 0 Å². The Morgan fingerprint density at radius 1 is 1.23 bits per heavy atom. The SMILES string of the molecule is Cc1cnc(N2CCN(C(=O)OC/C=C/c3cc(C(F)(F)F)c(=O)[nH]n3)CC2)nc1. The number of carbonyl (C=O) groups excluding carboxylic acids is 1. The lowest BCUT2D eigenvalue weighted by molar-refractivity contribution is -0.138. The standard InChI is InChI=1S/C18H19F3N6O3/c1-12-10-22-16(23-11-12)26-4-6-27(7-5-26)17(29)30-8-2-3-13-9-14(18(19,20)21)15(28)25-24-13/h2-3,9-11H,4-8H2,1H3,(H,25,28)/b3-2+. The zero-order valence-corrected chi connectivity index (χ0v) is 16.0. The van der Waals surface area contributed by atoms with Crippen LogP contribution in [0.1, 0.15) is 16.8 Å². The lowest BCUT2D eigenvalue weighted by Crippen LogP contribution is -2.49. The first kappa shape index (κ1) is 21.3. The number of carbonyl (C=O) groups is 1. The third-order valence-electron chi connectivity index (χ3n) is 4.31. The van der Waals surface area contributed by atoms with Gasteiger partial charge < -0.3 is 14.5 Å². The number of hydrogen-bond acceptors (Lipinski definition) is 7. The molecule has 1 amide bonds. The number of aromatic amines is 1. The van der Waals surface area contributed by atoms with Crippen LogP contribution in [0.4, 0.5) is 23.9 Å². The average Bonchev–Trinajstić information content (AvgIpc) is 2.72. The van der Waals surface area contributed by atoms with Crippen LogP contribution in [0.3, 0.4) is 0 Å². The summed E-state index contributed by atoms with van der Waals surface area (Å²) in [5, 5.41) is 5.30. The summed E-state index contributed by atoms with van der Waals surface area (Å²) >= 11 is 0. The third-order valence-corrected chi connectivity index (χ3v) is 4.31. The molecule has 0 atom stereocenters. The quantitative estimate of drug-likeness (QED) is 0.799. The van der Waals surface area contributed by atoms with Gasteiger partial charge >= 0.3 is 12.3 Å². The highest BCUT2D eigenvalue weighted by atomic mass is 19.4. The van der Waals surface area contributed by atoms with E-state index in [1.54, 1.807) is 17.5 Å². The molecule has 30 heavy (non-hydrogen) atoms. The predicted octanol–water partition coefficient (Wildman–Crippen LogP) is 1.86. The number of aromatic nitrogens is 4. The van der Waals surface area contributed by atoms with Gasteiger partial charge in [-0.05, 0) is 30.7 Å². The van der Waals surface area contributed by atoms with Crippen molar-refractivity contribution in [3.63, 3.8) is 0 Å². The molecule has 9 nitrogen and oxygen atoms in total. The van der Waals surface area contributed by atoms with Crippen molar-refractivity contribution in [2.75, 3.05) is 37.7 Å². The summed E-state index contributed by atoms with van der Waals surface area (Å²) in [6, 6.07) is 0.628. The number of hydrogen-bond donors (Lipinski definition) is 1. The molecular weight excluding hydrogens is 405 g/mol. The summed E-state index contributed by atoms with van der Waals surface area (Å²) in [4.78, 5) is 35.3. The minimum atomic E-state index is -4.78. The zero-order valence-electron chi connectivity index (χ0n) is 16.0. The van der Waals surface area contributed by atoms with E-state index in [0.29, 0.717) is 38.2 Å². The normalized spacial score (nSPS) is 14.9. The Bertz CT molecular complexity index is 966. The summed E-state index contributed by atoms with van der Waals surface area (Å²) < 4.78 is 43.3. The molecule has 3 rings (SSSR count). The van der Waals surface area contributed by atoms with Crippen molar-refractivity contribution in [2.24, 2.45) is 0 Å². The largest absolute Gasteiger partial charge is 0.445 e. The van der Waals surface area contributed by atoms with Crippen molar-refractivity contribution in [3.8, 4) is 0 Å². The van der Waals surface area contributed by atoms with E-state index in [4.69, 9.17) is 4.74 Å². The first-order valence-corrected chi connectivity index (χ1v) is 9.03. The number of aryl methyl sites for hydroxylation is 1. The fraction of sp³-hybridized carbons (Fsp3) is 0.389. The number of H-pyrrole nitrogens is 1. The van der Waals surface area contributed by atoms with Gasteiger partial charge in [-0.3, -0.25) is 4.79 Å². The minimum Gasteiger partial charge on any atom is -0.445 e. The number of halogens is 3. The highest BCUT2D eigenvalue weighted by molar-refractivity contribution is 5.68. The maximum absolute atomic E-state index is 12.7. The van der Waals surface area contributed by atoms with E-state index in [0.717, 1.165) is 5.56 Å². The summed E-state index contributed by atoms with van der Waals surface area (Å²) in [7, 11) is 0. The Balaban J connectivity index is 1.47. The van der Waals surface area contributed by atoms with Gasteiger partial charge in [-0.15, -0.1) is 0 Å². The summed E-state index contributed by atoms with van der Waals surface area (Å²) in [6.07, 6.45) is 0.709. The molecule has 1 aliphatic rings. The summed E-state index contributed by atoms with van der Waals surface area (Å²) in [5.41, 5.74) is -1.81. The molecule has 0 aliphatic carbocycles. The van der Waals surface area contributed by atoms with Crippen LogP contribution in [-0.4, -0.2) is 63.9 Å². The molecule has 1 saturated heterocycles. The van der Waals surface area contributed by atoms with Crippen molar-refractivity contribution in [1.82, 2.24) is 25.1 Å². The van der Waals surface area contributed by atoms with Gasteiger partial charge in [0.1, 0.15) is 12.2 Å². The van der Waals surface area contributed by atoms with Crippen molar-refractivity contribution in [1.29, 1.82) is 0 Å². The van der Waals surface area contributed by atoms with Gasteiger partial charge in [-0.2, -0.15) is 18.3 Å². The van der Waals surface area contributed by atoms with Gasteiger partial charge in [-0.25, -0.2) is 19.9 Å². The molecule has 12 heteroatoms. The molecule has 3 heterocycles. The highest BCUT2D eigenvalue weighted by Crippen LogP contribution is 2.26. The van der Waals surface area contributed by atoms with Gasteiger partial charge in [0.25, 0.3) is 5.56 Å². The average molecular weight is 424 g/mol. The maximum atomic E-state index is 12.7. The van der Waals surface area contributed by atoms with Crippen molar-refractivity contribution in [3.05, 3.63) is 51.7 Å². The fourth-order valence-electron chi connectivity index (χ4n) is 2.73. The van der Waals surface area contributed by atoms with E-state index < -0.39 is 23.4 Å². The van der Waals surface area contributed by atoms with Gasteiger partial charge in [0.15, 0.2) is 0 Å². The Morgan fingerprint density at radius 2 is 1.90 bits per heavy atom. The van der Waals surface area contributed by atoms with E-state index in [9.17, 15) is 22.8 Å². The number of rotatable bonds is 4. The van der Waals surface area contributed by atoms with Crippen molar-refractivity contribution < 1.29 is 22.7 Å². The molecule has 0 bridgehead atoms. The van der Waals surface area contributed by atoms with E-state index in [1.165, 1.54) is 17.1 Å². The lowest BCUT2D eigenvalue weighted by Gasteiger charge is -2.33. The summed E-state index contributed by atoms with van der Waals surface area (Å²) in [6.45, 7) is 3.70. The monoisotopic (exact) mass is 424 g/mol. The van der Waals surface area contributed by atoms with Crippen LogP contribution in [0.25, 0.3) is 6.08 Å². The van der Waals surface area contributed by atoms with Crippen LogP contribution in [0.2, 0.25) is 0 Å². The Kier molecular flexibility index (Phi) is 6.33. The molecule has 0 aromatic carbocycles. The number of nitrogens with one attached hydrogen (secondary N) is 1. The van der Waals surface area contributed by atoms with Crippen LogP contribution in [0, 0.1) is 6.92 Å². The van der Waals surface area contributed by atoms with Crippen LogP contribution in [0.5, 0.6) is 0 Å². The van der Waals surface area contributed by atoms with Gasteiger partial charge in [0.2, 0.25) is 5.95 Å². The zero-order chi connectivity index (χ0) is 21.7. The van der Waals surface area contributed by atoms with Crippen molar-refractivity contribution >= 4 is 18.1 Å².